The van der Waals surface area contributed by atoms with Gasteiger partial charge in [0, 0.05) is 22.8 Å². The van der Waals surface area contributed by atoms with Crippen molar-refractivity contribution in [3.8, 4) is 0 Å². The summed E-state index contributed by atoms with van der Waals surface area (Å²) in [4.78, 5) is 13.0. The van der Waals surface area contributed by atoms with Crippen molar-refractivity contribution in [3.63, 3.8) is 0 Å². The van der Waals surface area contributed by atoms with Gasteiger partial charge < -0.3 is 11.1 Å². The maximum atomic E-state index is 11.9. The number of nitrogens with two attached hydrogens (primary N) is 1. The van der Waals surface area contributed by atoms with Gasteiger partial charge in [-0.25, -0.2) is 0 Å². The molecule has 0 saturated carbocycles. The number of carbonyl (C=O) groups excluding carboxylic acids is 1. The molecule has 0 spiro atoms. The Labute approximate surface area is 133 Å². The van der Waals surface area contributed by atoms with Crippen LogP contribution in [0.5, 0.6) is 0 Å². The summed E-state index contributed by atoms with van der Waals surface area (Å²) < 4.78 is 0. The number of nitrogens with one attached hydrogen (secondary N) is 1. The lowest BCUT2D eigenvalue weighted by molar-refractivity contribution is -0.115. The highest BCUT2D eigenvalue weighted by molar-refractivity contribution is 7.99. The molecule has 2 rings (SSSR count). The zero-order valence-electron chi connectivity index (χ0n) is 11.7. The predicted molar refractivity (Wildman–Crippen MR) is 91.0 cm³/mol. The molecule has 5 heteroatoms. The molecular formula is C16H17ClN2OS. The molecule has 0 aromatic heterocycles. The minimum Gasteiger partial charge on any atom is -0.399 e. The molecule has 21 heavy (non-hydrogen) atoms. The Morgan fingerprint density at radius 1 is 1.24 bits per heavy atom. The summed E-state index contributed by atoms with van der Waals surface area (Å²) in [5, 5.41) is 3.25. The predicted octanol–water partition coefficient (Wildman–Crippen LogP) is 4.35. The number of hydrogen-bond acceptors (Lipinski definition) is 3. The van der Waals surface area contributed by atoms with E-state index in [1.807, 2.05) is 0 Å². The Hall–Kier alpha value is -1.65. The first-order chi connectivity index (χ1) is 10.0. The van der Waals surface area contributed by atoms with Crippen molar-refractivity contribution in [2.75, 3.05) is 16.8 Å². The fourth-order valence-electron chi connectivity index (χ4n) is 1.74. The first-order valence-corrected chi connectivity index (χ1v) is 7.95. The van der Waals surface area contributed by atoms with Crippen molar-refractivity contribution < 1.29 is 4.79 Å². The average Bonchev–Trinajstić information content (AvgIpc) is 2.44. The van der Waals surface area contributed by atoms with Gasteiger partial charge in [0.2, 0.25) is 5.91 Å². The van der Waals surface area contributed by atoms with Gasteiger partial charge >= 0.3 is 0 Å². The highest BCUT2D eigenvalue weighted by Gasteiger charge is 2.06. The van der Waals surface area contributed by atoms with Crippen LogP contribution in [-0.2, 0) is 4.79 Å². The van der Waals surface area contributed by atoms with E-state index in [0.29, 0.717) is 22.8 Å². The average molecular weight is 321 g/mol. The summed E-state index contributed by atoms with van der Waals surface area (Å²) >= 11 is 7.68. The van der Waals surface area contributed by atoms with Crippen LogP contribution < -0.4 is 11.1 Å². The molecule has 3 nitrogen and oxygen atoms in total. The lowest BCUT2D eigenvalue weighted by Gasteiger charge is -2.08. The Morgan fingerprint density at radius 2 is 1.95 bits per heavy atom. The van der Waals surface area contributed by atoms with Crippen LogP contribution in [0.3, 0.4) is 0 Å². The molecule has 0 unspecified atom stereocenters. The Balaban J connectivity index is 1.81. The Morgan fingerprint density at radius 3 is 2.62 bits per heavy atom. The molecule has 3 N–H and O–H groups in total. The quantitative estimate of drug-likeness (QED) is 0.636. The smallest absolute Gasteiger partial charge is 0.225 e. The van der Waals surface area contributed by atoms with Crippen molar-refractivity contribution in [1.29, 1.82) is 0 Å². The summed E-state index contributed by atoms with van der Waals surface area (Å²) in [5.74, 6) is 0.669. The van der Waals surface area contributed by atoms with Gasteiger partial charge in [-0.3, -0.25) is 4.79 Å². The van der Waals surface area contributed by atoms with Gasteiger partial charge in [0.05, 0.1) is 10.7 Å². The first-order valence-electron chi connectivity index (χ1n) is 6.59. The van der Waals surface area contributed by atoms with Crippen LogP contribution in [0.25, 0.3) is 0 Å². The number of aryl methyl sites for hydroxylation is 1. The monoisotopic (exact) mass is 320 g/mol. The van der Waals surface area contributed by atoms with Crippen molar-refractivity contribution in [3.05, 3.63) is 53.1 Å². The molecule has 0 radical (unpaired) electrons. The van der Waals surface area contributed by atoms with Crippen LogP contribution in [0.4, 0.5) is 11.4 Å². The van der Waals surface area contributed by atoms with Gasteiger partial charge in [-0.2, -0.15) is 0 Å². The number of carbonyl (C=O) groups is 1. The summed E-state index contributed by atoms with van der Waals surface area (Å²) in [7, 11) is 0. The largest absolute Gasteiger partial charge is 0.399 e. The lowest BCUT2D eigenvalue weighted by Crippen LogP contribution is -2.12. The SMILES string of the molecule is Cc1ccc(SCCC(=O)Nc2ccc(N)cc2Cl)cc1. The van der Waals surface area contributed by atoms with Crippen molar-refractivity contribution in [2.45, 2.75) is 18.2 Å². The van der Waals surface area contributed by atoms with Crippen molar-refractivity contribution >= 4 is 40.6 Å². The molecule has 110 valence electrons. The molecular weight excluding hydrogens is 304 g/mol. The number of amides is 1. The maximum absolute atomic E-state index is 11.9. The van der Waals surface area contributed by atoms with E-state index < -0.39 is 0 Å². The zero-order chi connectivity index (χ0) is 15.2. The summed E-state index contributed by atoms with van der Waals surface area (Å²) in [6.07, 6.45) is 0.430. The molecule has 1 amide bonds. The van der Waals surface area contributed by atoms with Crippen LogP contribution >= 0.6 is 23.4 Å². The van der Waals surface area contributed by atoms with Gasteiger partial charge in [0.25, 0.3) is 0 Å². The normalized spacial score (nSPS) is 10.4. The number of anilines is 2. The maximum Gasteiger partial charge on any atom is 0.225 e. The minimum absolute atomic E-state index is 0.0544. The molecule has 2 aromatic rings. The van der Waals surface area contributed by atoms with Gasteiger partial charge in [0.15, 0.2) is 0 Å². The molecule has 0 aliphatic rings. The molecule has 0 aliphatic carbocycles. The highest BCUT2D eigenvalue weighted by Crippen LogP contribution is 2.24. The number of nitrogen functional groups attached to an aromatic ring is 1. The summed E-state index contributed by atoms with van der Waals surface area (Å²) in [6.45, 7) is 2.05. The van der Waals surface area contributed by atoms with Gasteiger partial charge in [-0.15, -0.1) is 11.8 Å². The molecule has 0 heterocycles. The summed E-state index contributed by atoms with van der Waals surface area (Å²) in [5.41, 5.74) is 8.02. The van der Waals surface area contributed by atoms with E-state index in [4.69, 9.17) is 17.3 Å². The van der Waals surface area contributed by atoms with E-state index >= 15 is 0 Å². The van der Waals surface area contributed by atoms with Crippen molar-refractivity contribution in [1.82, 2.24) is 0 Å². The third-order valence-corrected chi connectivity index (χ3v) is 4.21. The first kappa shape index (κ1) is 15.7. The third-order valence-electron chi connectivity index (χ3n) is 2.89. The highest BCUT2D eigenvalue weighted by atomic mass is 35.5. The second-order valence-corrected chi connectivity index (χ2v) is 6.27. The number of thioether (sulfide) groups is 1. The fourth-order valence-corrected chi connectivity index (χ4v) is 2.83. The second-order valence-electron chi connectivity index (χ2n) is 4.70. The summed E-state index contributed by atoms with van der Waals surface area (Å²) in [6, 6.07) is 13.3. The van der Waals surface area contributed by atoms with E-state index in [2.05, 4.69) is 36.5 Å². The van der Waals surface area contributed by atoms with Crippen LogP contribution in [0, 0.1) is 6.92 Å². The molecule has 0 bridgehead atoms. The van der Waals surface area contributed by atoms with Crippen LogP contribution in [-0.4, -0.2) is 11.7 Å². The molecule has 0 atom stereocenters. The van der Waals surface area contributed by atoms with Gasteiger partial charge in [-0.05, 0) is 37.3 Å². The van der Waals surface area contributed by atoms with Crippen LogP contribution in [0.15, 0.2) is 47.4 Å². The molecule has 0 saturated heterocycles. The van der Waals surface area contributed by atoms with E-state index in [0.717, 1.165) is 5.75 Å². The number of hydrogen-bond donors (Lipinski definition) is 2. The van der Waals surface area contributed by atoms with E-state index in [-0.39, 0.29) is 5.91 Å². The fraction of sp³-hybridized carbons (Fsp3) is 0.188. The Kier molecular flexibility index (Phi) is 5.53. The van der Waals surface area contributed by atoms with Crippen LogP contribution in [0.2, 0.25) is 5.02 Å². The second kappa shape index (κ2) is 7.38. The van der Waals surface area contributed by atoms with E-state index in [1.54, 1.807) is 30.0 Å². The lowest BCUT2D eigenvalue weighted by atomic mass is 10.2. The molecule has 0 fully saturated rings. The zero-order valence-corrected chi connectivity index (χ0v) is 13.3. The third kappa shape index (κ3) is 4.99. The molecule has 0 aliphatic heterocycles. The molecule has 2 aromatic carbocycles. The number of benzene rings is 2. The number of halogens is 1. The van der Waals surface area contributed by atoms with E-state index in [1.165, 1.54) is 10.5 Å². The van der Waals surface area contributed by atoms with Crippen molar-refractivity contribution in [2.24, 2.45) is 0 Å². The van der Waals surface area contributed by atoms with Crippen LogP contribution in [0.1, 0.15) is 12.0 Å². The van der Waals surface area contributed by atoms with Gasteiger partial charge in [0.1, 0.15) is 0 Å². The standard InChI is InChI=1S/C16H17ClN2OS/c1-11-2-5-13(6-3-11)21-9-8-16(20)19-15-7-4-12(18)10-14(15)17/h2-7,10H,8-9,18H2,1H3,(H,19,20). The topological polar surface area (TPSA) is 55.1 Å². The van der Waals surface area contributed by atoms with Gasteiger partial charge in [-0.1, -0.05) is 29.3 Å². The van der Waals surface area contributed by atoms with E-state index in [9.17, 15) is 4.79 Å². The Bertz CT molecular complexity index is 629. The minimum atomic E-state index is -0.0544. The number of rotatable bonds is 5.